The molecule has 3 heterocycles. The van der Waals surface area contributed by atoms with Crippen molar-refractivity contribution in [2.24, 2.45) is 0 Å². The van der Waals surface area contributed by atoms with E-state index in [1.165, 1.54) is 5.06 Å². The van der Waals surface area contributed by atoms with Gasteiger partial charge in [0.15, 0.2) is 0 Å². The highest BCUT2D eigenvalue weighted by molar-refractivity contribution is 7.86. The van der Waals surface area contributed by atoms with Crippen molar-refractivity contribution in [3.8, 4) is 11.3 Å². The fourth-order valence-electron chi connectivity index (χ4n) is 2.44. The molecule has 0 saturated carbocycles. The Hall–Kier alpha value is -2.26. The van der Waals surface area contributed by atoms with Crippen molar-refractivity contribution < 1.29 is 12.7 Å². The topological polar surface area (TPSA) is 105 Å². The number of H-pyrrole nitrogens is 1. The highest BCUT2D eigenvalue weighted by atomic mass is 32.2. The zero-order valence-corrected chi connectivity index (χ0v) is 12.6. The first-order valence-electron chi connectivity index (χ1n) is 6.65. The molecule has 2 aromatic heterocycles. The van der Waals surface area contributed by atoms with Gasteiger partial charge in [0.1, 0.15) is 11.4 Å². The number of anilines is 1. The van der Waals surface area contributed by atoms with Gasteiger partial charge in [-0.05, 0) is 25.0 Å². The monoisotopic (exact) mass is 322 g/mol. The molecule has 0 unspecified atom stereocenters. The fourth-order valence-corrected chi connectivity index (χ4v) is 2.91. The fraction of sp³-hybridized carbons (Fsp3) is 0.308. The van der Waals surface area contributed by atoms with E-state index in [-0.39, 0.29) is 5.56 Å². The molecule has 0 amide bonds. The molecule has 0 saturated heterocycles. The van der Waals surface area contributed by atoms with Crippen LogP contribution in [0.15, 0.2) is 29.3 Å². The number of rotatable bonds is 3. The molecule has 0 fully saturated rings. The first-order valence-corrected chi connectivity index (χ1v) is 8.46. The molecule has 1 aliphatic heterocycles. The van der Waals surface area contributed by atoms with Crippen molar-refractivity contribution in [2.75, 3.05) is 17.9 Å². The minimum absolute atomic E-state index is 0.338. The van der Waals surface area contributed by atoms with Crippen molar-refractivity contribution in [3.05, 3.63) is 40.4 Å². The molecule has 116 valence electrons. The van der Waals surface area contributed by atoms with E-state index in [1.54, 1.807) is 24.5 Å². The predicted octanol–water partition coefficient (Wildman–Crippen LogP) is 0.476. The summed E-state index contributed by atoms with van der Waals surface area (Å²) in [7, 11) is -3.70. The van der Waals surface area contributed by atoms with Gasteiger partial charge >= 0.3 is 0 Å². The van der Waals surface area contributed by atoms with Gasteiger partial charge in [0.05, 0.1) is 6.26 Å². The number of fused-ring (bicyclic) bond motifs is 1. The van der Waals surface area contributed by atoms with Crippen molar-refractivity contribution in [3.63, 3.8) is 0 Å². The van der Waals surface area contributed by atoms with Gasteiger partial charge in [0.25, 0.3) is 15.7 Å². The van der Waals surface area contributed by atoms with E-state index in [1.807, 2.05) is 0 Å². The molecule has 22 heavy (non-hydrogen) atoms. The maximum Gasteiger partial charge on any atom is 0.285 e. The Kier molecular flexibility index (Phi) is 3.67. The maximum atomic E-state index is 12.0. The summed E-state index contributed by atoms with van der Waals surface area (Å²) >= 11 is 0. The SMILES string of the molecule is CS(=O)(=O)ON1CCCc2c1c(-c1ccncc1)n[nH]c2=O. The first-order chi connectivity index (χ1) is 10.5. The van der Waals surface area contributed by atoms with E-state index in [2.05, 4.69) is 15.2 Å². The van der Waals surface area contributed by atoms with Crippen molar-refractivity contribution in [1.29, 1.82) is 0 Å². The molecule has 2 aromatic rings. The van der Waals surface area contributed by atoms with E-state index in [9.17, 15) is 13.2 Å². The number of nitrogens with one attached hydrogen (secondary N) is 1. The average molecular weight is 322 g/mol. The number of hydrogen-bond acceptors (Lipinski definition) is 7. The van der Waals surface area contributed by atoms with Gasteiger partial charge in [-0.3, -0.25) is 9.78 Å². The van der Waals surface area contributed by atoms with Gasteiger partial charge in [-0.25, -0.2) is 10.2 Å². The standard InChI is InChI=1S/C13H14N4O4S/c1-22(19,20)21-17-8-2-3-10-12(17)11(15-16-13(10)18)9-4-6-14-7-5-9/h4-7H,2-3,8H2,1H3,(H,16,18). The third-order valence-electron chi connectivity index (χ3n) is 3.27. The zero-order chi connectivity index (χ0) is 15.7. The maximum absolute atomic E-state index is 12.0. The Balaban J connectivity index is 2.20. The second-order valence-corrected chi connectivity index (χ2v) is 6.51. The molecular formula is C13H14N4O4S. The Bertz CT molecular complexity index is 848. The van der Waals surface area contributed by atoms with Gasteiger partial charge < -0.3 is 0 Å². The molecule has 8 nitrogen and oxygen atoms in total. The van der Waals surface area contributed by atoms with Crippen LogP contribution in [0.25, 0.3) is 11.3 Å². The molecule has 0 spiro atoms. The van der Waals surface area contributed by atoms with E-state index < -0.39 is 10.1 Å². The molecule has 0 bridgehead atoms. The van der Waals surface area contributed by atoms with Crippen LogP contribution in [0.4, 0.5) is 5.69 Å². The van der Waals surface area contributed by atoms with Crippen LogP contribution < -0.4 is 10.6 Å². The van der Waals surface area contributed by atoms with Crippen LogP contribution in [0.2, 0.25) is 0 Å². The summed E-state index contributed by atoms with van der Waals surface area (Å²) < 4.78 is 27.9. The van der Waals surface area contributed by atoms with Gasteiger partial charge in [-0.15, -0.1) is 4.28 Å². The zero-order valence-electron chi connectivity index (χ0n) is 11.8. The van der Waals surface area contributed by atoms with Crippen LogP contribution in [0.3, 0.4) is 0 Å². The number of pyridine rings is 1. The summed E-state index contributed by atoms with van der Waals surface area (Å²) in [6.07, 6.45) is 5.31. The molecule has 0 radical (unpaired) electrons. The highest BCUT2D eigenvalue weighted by Gasteiger charge is 2.28. The summed E-state index contributed by atoms with van der Waals surface area (Å²) in [4.78, 5) is 15.9. The number of aromatic amines is 1. The van der Waals surface area contributed by atoms with E-state index in [0.717, 1.165) is 6.26 Å². The lowest BCUT2D eigenvalue weighted by Crippen LogP contribution is -2.35. The molecular weight excluding hydrogens is 308 g/mol. The van der Waals surface area contributed by atoms with Gasteiger partial charge in [-0.1, -0.05) is 0 Å². The van der Waals surface area contributed by atoms with Crippen molar-refractivity contribution in [1.82, 2.24) is 15.2 Å². The summed E-state index contributed by atoms with van der Waals surface area (Å²) in [5.41, 5.74) is 1.70. The third kappa shape index (κ3) is 2.85. The molecule has 9 heteroatoms. The van der Waals surface area contributed by atoms with Crippen LogP contribution in [-0.4, -0.2) is 36.4 Å². The van der Waals surface area contributed by atoms with Crippen LogP contribution in [-0.2, 0) is 20.8 Å². The second-order valence-electron chi connectivity index (χ2n) is 4.95. The lowest BCUT2D eigenvalue weighted by molar-refractivity contribution is 0.277. The van der Waals surface area contributed by atoms with Gasteiger partial charge in [-0.2, -0.15) is 13.5 Å². The van der Waals surface area contributed by atoms with E-state index >= 15 is 0 Å². The quantitative estimate of drug-likeness (QED) is 0.876. The minimum Gasteiger partial charge on any atom is -0.268 e. The molecule has 1 N–H and O–H groups in total. The van der Waals surface area contributed by atoms with Crippen molar-refractivity contribution >= 4 is 15.8 Å². The normalized spacial score (nSPS) is 14.7. The first kappa shape index (κ1) is 14.7. The highest BCUT2D eigenvalue weighted by Crippen LogP contribution is 2.33. The number of aromatic nitrogens is 3. The lowest BCUT2D eigenvalue weighted by atomic mass is 10.0. The summed E-state index contributed by atoms with van der Waals surface area (Å²) in [5, 5.41) is 7.74. The molecule has 0 aliphatic carbocycles. The number of hydrogen-bond donors (Lipinski definition) is 1. The Morgan fingerprint density at radius 3 is 2.73 bits per heavy atom. The molecule has 0 atom stereocenters. The summed E-state index contributed by atoms with van der Waals surface area (Å²) in [6, 6.07) is 3.46. The van der Waals surface area contributed by atoms with Crippen LogP contribution in [0.1, 0.15) is 12.0 Å². The average Bonchev–Trinajstić information content (AvgIpc) is 2.48. The largest absolute Gasteiger partial charge is 0.285 e. The smallest absolute Gasteiger partial charge is 0.268 e. The molecule has 1 aliphatic rings. The van der Waals surface area contributed by atoms with E-state index in [0.29, 0.717) is 41.9 Å². The number of nitrogens with zero attached hydrogens (tertiary/aromatic N) is 3. The third-order valence-corrected chi connectivity index (χ3v) is 3.72. The second kappa shape index (κ2) is 5.50. The van der Waals surface area contributed by atoms with Crippen LogP contribution >= 0.6 is 0 Å². The Morgan fingerprint density at radius 2 is 2.05 bits per heavy atom. The number of hydroxylamine groups is 1. The van der Waals surface area contributed by atoms with Crippen LogP contribution in [0.5, 0.6) is 0 Å². The molecule has 0 aromatic carbocycles. The predicted molar refractivity (Wildman–Crippen MR) is 79.7 cm³/mol. The van der Waals surface area contributed by atoms with Gasteiger partial charge in [0.2, 0.25) is 0 Å². The van der Waals surface area contributed by atoms with Crippen LogP contribution in [0, 0.1) is 0 Å². The van der Waals surface area contributed by atoms with Crippen molar-refractivity contribution in [2.45, 2.75) is 12.8 Å². The Morgan fingerprint density at radius 1 is 1.32 bits per heavy atom. The van der Waals surface area contributed by atoms with Gasteiger partial charge in [0, 0.05) is 30.1 Å². The Labute approximate surface area is 126 Å². The molecule has 3 rings (SSSR count). The summed E-state index contributed by atoms with van der Waals surface area (Å²) in [6.45, 7) is 0.364. The summed E-state index contributed by atoms with van der Waals surface area (Å²) in [5.74, 6) is 0. The minimum atomic E-state index is -3.70. The lowest BCUT2D eigenvalue weighted by Gasteiger charge is -2.29. The van der Waals surface area contributed by atoms with E-state index in [4.69, 9.17) is 4.28 Å².